The molecule has 2 saturated heterocycles. The van der Waals surface area contributed by atoms with Gasteiger partial charge in [-0.25, -0.2) is 0 Å². The van der Waals surface area contributed by atoms with Crippen LogP contribution in [0.4, 0.5) is 11.4 Å². The van der Waals surface area contributed by atoms with Crippen molar-refractivity contribution in [1.82, 2.24) is 16.0 Å². The van der Waals surface area contributed by atoms with Gasteiger partial charge in [0.2, 0.25) is 17.7 Å². The molecule has 9 heteroatoms. The minimum atomic E-state index is -0.822. The lowest BCUT2D eigenvalue weighted by Crippen LogP contribution is -2.72. The monoisotopic (exact) mass is 459 g/mol. The van der Waals surface area contributed by atoms with Crippen LogP contribution in [0, 0.1) is 11.8 Å². The van der Waals surface area contributed by atoms with Crippen molar-refractivity contribution in [1.29, 1.82) is 0 Å². The Hall–Kier alpha value is -4.11. The minimum absolute atomic E-state index is 0.0720. The SMILES string of the molecule is COc1ccccc1NC1NC(=O)C2C(NC(=O)CC2C(=O)Nc2cccc3ccccc23)N1. The summed E-state index contributed by atoms with van der Waals surface area (Å²) in [5, 5.41) is 16.8. The smallest absolute Gasteiger partial charge is 0.229 e. The number of carbonyl (C=O) groups excluding carboxylic acids is 3. The van der Waals surface area contributed by atoms with Gasteiger partial charge in [0, 0.05) is 17.5 Å². The molecule has 5 N–H and O–H groups in total. The Morgan fingerprint density at radius 3 is 2.53 bits per heavy atom. The van der Waals surface area contributed by atoms with Crippen molar-refractivity contribution >= 4 is 39.9 Å². The summed E-state index contributed by atoms with van der Waals surface area (Å²) in [6.07, 6.45) is -1.44. The number of ether oxygens (including phenoxy) is 1. The first kappa shape index (κ1) is 21.7. The summed E-state index contributed by atoms with van der Waals surface area (Å²) in [4.78, 5) is 38.9. The quantitative estimate of drug-likeness (QED) is 0.398. The van der Waals surface area contributed by atoms with Crippen molar-refractivity contribution in [2.24, 2.45) is 11.8 Å². The number of hydrogen-bond acceptors (Lipinski definition) is 6. The predicted octanol–water partition coefficient (Wildman–Crippen LogP) is 1.98. The molecule has 9 nitrogen and oxygen atoms in total. The number of rotatable bonds is 5. The highest BCUT2D eigenvalue weighted by atomic mass is 16.5. The van der Waals surface area contributed by atoms with Crippen LogP contribution in [0.1, 0.15) is 6.42 Å². The van der Waals surface area contributed by atoms with Crippen LogP contribution >= 0.6 is 0 Å². The number of nitrogens with one attached hydrogen (secondary N) is 5. The Morgan fingerprint density at radius 2 is 1.68 bits per heavy atom. The van der Waals surface area contributed by atoms with Gasteiger partial charge in [-0.1, -0.05) is 48.5 Å². The second-order valence-corrected chi connectivity index (χ2v) is 8.35. The van der Waals surface area contributed by atoms with E-state index in [4.69, 9.17) is 4.74 Å². The molecule has 0 spiro atoms. The summed E-state index contributed by atoms with van der Waals surface area (Å²) in [5.74, 6) is -1.96. The third-order valence-corrected chi connectivity index (χ3v) is 6.24. The first-order valence-corrected chi connectivity index (χ1v) is 11.1. The number of amides is 3. The van der Waals surface area contributed by atoms with Gasteiger partial charge >= 0.3 is 0 Å². The lowest BCUT2D eigenvalue weighted by Gasteiger charge is -2.43. The molecule has 0 saturated carbocycles. The molecule has 0 aromatic heterocycles. The van der Waals surface area contributed by atoms with Gasteiger partial charge in [-0.3, -0.25) is 19.7 Å². The molecule has 34 heavy (non-hydrogen) atoms. The van der Waals surface area contributed by atoms with Crippen LogP contribution < -0.4 is 31.3 Å². The van der Waals surface area contributed by atoms with E-state index in [1.54, 1.807) is 13.2 Å². The number of hydrogen-bond donors (Lipinski definition) is 5. The maximum Gasteiger partial charge on any atom is 0.229 e. The van der Waals surface area contributed by atoms with Crippen LogP contribution in [0.5, 0.6) is 5.75 Å². The zero-order valence-corrected chi connectivity index (χ0v) is 18.5. The van der Waals surface area contributed by atoms with E-state index < -0.39 is 24.3 Å². The maximum absolute atomic E-state index is 13.3. The van der Waals surface area contributed by atoms with Gasteiger partial charge in [0.1, 0.15) is 5.75 Å². The second kappa shape index (κ2) is 9.03. The second-order valence-electron chi connectivity index (χ2n) is 8.35. The topological polar surface area (TPSA) is 121 Å². The van der Waals surface area contributed by atoms with E-state index in [9.17, 15) is 14.4 Å². The fraction of sp³-hybridized carbons (Fsp3) is 0.240. The van der Waals surface area contributed by atoms with Gasteiger partial charge < -0.3 is 26.0 Å². The highest BCUT2D eigenvalue weighted by Gasteiger charge is 2.48. The number of methoxy groups -OCH3 is 1. The molecular formula is C25H25N5O4. The molecule has 2 heterocycles. The van der Waals surface area contributed by atoms with Gasteiger partial charge in [0.05, 0.1) is 30.8 Å². The van der Waals surface area contributed by atoms with Crippen LogP contribution in [0.15, 0.2) is 66.7 Å². The summed E-state index contributed by atoms with van der Waals surface area (Å²) >= 11 is 0. The molecule has 4 atom stereocenters. The third kappa shape index (κ3) is 4.13. The lowest BCUT2D eigenvalue weighted by molar-refractivity contribution is -0.144. The first-order chi connectivity index (χ1) is 16.5. The van der Waals surface area contributed by atoms with Gasteiger partial charge in [-0.15, -0.1) is 0 Å². The fourth-order valence-electron chi connectivity index (χ4n) is 4.63. The molecule has 3 aromatic rings. The van der Waals surface area contributed by atoms with Gasteiger partial charge in [-0.2, -0.15) is 0 Å². The molecule has 3 amide bonds. The standard InChI is InChI=1S/C25H25N5O4/c1-34-19-12-5-4-10-18(19)27-25-29-22-21(24(33)30-25)16(13-20(31)28-22)23(32)26-17-11-6-8-14-7-2-3-9-15(14)17/h2-12,16,21-22,25,27,29H,13H2,1H3,(H,26,32)(H,28,31)(H,30,33). The van der Waals surface area contributed by atoms with E-state index in [-0.39, 0.29) is 24.1 Å². The predicted molar refractivity (Wildman–Crippen MR) is 128 cm³/mol. The van der Waals surface area contributed by atoms with Crippen molar-refractivity contribution in [3.05, 3.63) is 66.7 Å². The zero-order valence-electron chi connectivity index (χ0n) is 18.5. The molecule has 5 rings (SSSR count). The number of anilines is 2. The van der Waals surface area contributed by atoms with Crippen molar-refractivity contribution < 1.29 is 19.1 Å². The molecule has 4 unspecified atom stereocenters. The molecule has 2 aliphatic heterocycles. The molecule has 2 aliphatic rings. The van der Waals surface area contributed by atoms with Gasteiger partial charge in [0.25, 0.3) is 0 Å². The summed E-state index contributed by atoms with van der Waals surface area (Å²) in [5.41, 5.74) is 1.32. The Bertz CT molecular complexity index is 1260. The van der Waals surface area contributed by atoms with Gasteiger partial charge in [0.15, 0.2) is 6.29 Å². The van der Waals surface area contributed by atoms with Crippen LogP contribution in [0.25, 0.3) is 10.8 Å². The van der Waals surface area contributed by atoms with Gasteiger partial charge in [-0.05, 0) is 23.6 Å². The number of carbonyl (C=O) groups is 3. The molecule has 3 aromatic carbocycles. The Morgan fingerprint density at radius 1 is 0.941 bits per heavy atom. The molecule has 0 aliphatic carbocycles. The van der Waals surface area contributed by atoms with Crippen LogP contribution in [0.3, 0.4) is 0 Å². The maximum atomic E-state index is 13.3. The van der Waals surface area contributed by atoms with Crippen molar-refractivity contribution in [2.45, 2.75) is 18.9 Å². The van der Waals surface area contributed by atoms with Crippen LogP contribution in [-0.4, -0.2) is 37.3 Å². The normalized spacial score (nSPS) is 23.9. The van der Waals surface area contributed by atoms with E-state index in [0.29, 0.717) is 17.1 Å². The zero-order chi connectivity index (χ0) is 23.7. The fourth-order valence-corrected chi connectivity index (χ4v) is 4.63. The summed E-state index contributed by atoms with van der Waals surface area (Å²) in [7, 11) is 1.56. The van der Waals surface area contributed by atoms with E-state index in [1.807, 2.05) is 60.7 Å². The van der Waals surface area contributed by atoms with Crippen molar-refractivity contribution in [3.63, 3.8) is 0 Å². The van der Waals surface area contributed by atoms with E-state index in [0.717, 1.165) is 10.8 Å². The van der Waals surface area contributed by atoms with Crippen molar-refractivity contribution in [2.75, 3.05) is 17.7 Å². The Balaban J connectivity index is 1.35. The summed E-state index contributed by atoms with van der Waals surface area (Å²) in [6.45, 7) is 0. The summed E-state index contributed by atoms with van der Waals surface area (Å²) in [6, 6.07) is 20.6. The summed E-state index contributed by atoms with van der Waals surface area (Å²) < 4.78 is 5.35. The number of fused-ring (bicyclic) bond motifs is 2. The number of para-hydroxylation sites is 2. The largest absolute Gasteiger partial charge is 0.495 e. The molecule has 174 valence electrons. The van der Waals surface area contributed by atoms with E-state index in [1.165, 1.54) is 0 Å². The molecular weight excluding hydrogens is 434 g/mol. The van der Waals surface area contributed by atoms with Crippen molar-refractivity contribution in [3.8, 4) is 5.75 Å². The average molecular weight is 460 g/mol. The average Bonchev–Trinajstić information content (AvgIpc) is 2.84. The van der Waals surface area contributed by atoms with E-state index in [2.05, 4.69) is 26.6 Å². The molecule has 2 fully saturated rings. The highest BCUT2D eigenvalue weighted by Crippen LogP contribution is 2.30. The third-order valence-electron chi connectivity index (χ3n) is 6.24. The number of benzene rings is 3. The van der Waals surface area contributed by atoms with Crippen LogP contribution in [-0.2, 0) is 14.4 Å². The molecule has 0 bridgehead atoms. The highest BCUT2D eigenvalue weighted by molar-refractivity contribution is 6.05. The minimum Gasteiger partial charge on any atom is -0.495 e. The Labute approximate surface area is 196 Å². The molecule has 0 radical (unpaired) electrons. The van der Waals surface area contributed by atoms with Crippen LogP contribution in [0.2, 0.25) is 0 Å². The first-order valence-electron chi connectivity index (χ1n) is 11.1. The van der Waals surface area contributed by atoms with E-state index >= 15 is 0 Å². The lowest BCUT2D eigenvalue weighted by atomic mass is 9.81. The number of piperidine rings is 1. The Kier molecular flexibility index (Phi) is 5.77.